The molecule has 7 nitrogen and oxygen atoms in total. The number of aliphatic carboxylic acids is 1. The smallest absolute Gasteiger partial charge is 0.323 e. The number of nitrogens with zero attached hydrogens (tertiary/aromatic N) is 2. The molecule has 0 atom stereocenters. The second-order valence-electron chi connectivity index (χ2n) is 4.35. The van der Waals surface area contributed by atoms with Gasteiger partial charge in [-0.3, -0.25) is 4.79 Å². The van der Waals surface area contributed by atoms with Crippen molar-refractivity contribution in [3.63, 3.8) is 0 Å². The largest absolute Gasteiger partial charge is 0.480 e. The van der Waals surface area contributed by atoms with Crippen LogP contribution in [-0.2, 0) is 9.53 Å². The third kappa shape index (κ3) is 4.78. The molecule has 1 aromatic carbocycles. The van der Waals surface area contributed by atoms with Crippen molar-refractivity contribution in [3.8, 4) is 6.07 Å². The zero-order chi connectivity index (χ0) is 15.8. The summed E-state index contributed by atoms with van der Waals surface area (Å²) in [4.78, 5) is 24.0. The maximum Gasteiger partial charge on any atom is 0.323 e. The summed E-state index contributed by atoms with van der Waals surface area (Å²) in [5.74, 6) is -1.12. The van der Waals surface area contributed by atoms with E-state index >= 15 is 0 Å². The summed E-state index contributed by atoms with van der Waals surface area (Å²) in [7, 11) is 1.46. The lowest BCUT2D eigenvalue weighted by Gasteiger charge is -2.21. The van der Waals surface area contributed by atoms with Crippen LogP contribution in [0.3, 0.4) is 0 Å². The van der Waals surface area contributed by atoms with Gasteiger partial charge in [0.2, 0.25) is 0 Å². The third-order valence-electron chi connectivity index (χ3n) is 2.80. The Balaban J connectivity index is 2.88. The van der Waals surface area contributed by atoms with E-state index in [1.807, 2.05) is 6.07 Å². The Morgan fingerprint density at radius 1 is 1.48 bits per heavy atom. The van der Waals surface area contributed by atoms with Crippen LogP contribution in [0.5, 0.6) is 0 Å². The number of urea groups is 1. The molecule has 0 aliphatic heterocycles. The van der Waals surface area contributed by atoms with Crippen molar-refractivity contribution in [2.24, 2.45) is 0 Å². The molecule has 7 heteroatoms. The van der Waals surface area contributed by atoms with E-state index in [0.717, 1.165) is 10.5 Å². The number of nitrogens with one attached hydrogen (secondary N) is 1. The number of ether oxygens (including phenoxy) is 1. The van der Waals surface area contributed by atoms with Crippen molar-refractivity contribution in [1.29, 1.82) is 5.26 Å². The van der Waals surface area contributed by atoms with Crippen molar-refractivity contribution in [1.82, 2.24) is 4.90 Å². The first-order chi connectivity index (χ1) is 9.99. The van der Waals surface area contributed by atoms with Gasteiger partial charge in [-0.05, 0) is 18.6 Å². The molecule has 21 heavy (non-hydrogen) atoms. The summed E-state index contributed by atoms with van der Waals surface area (Å²) in [6.07, 6.45) is 0. The number of hydrogen-bond donors (Lipinski definition) is 2. The molecule has 0 unspecified atom stereocenters. The zero-order valence-electron chi connectivity index (χ0n) is 11.9. The molecule has 0 spiro atoms. The van der Waals surface area contributed by atoms with Crippen LogP contribution in [0.15, 0.2) is 18.2 Å². The van der Waals surface area contributed by atoms with E-state index in [0.29, 0.717) is 11.3 Å². The standard InChI is InChI=1S/C14H17N3O4/c1-10-4-3-5-12(11(10)8-15)16-14(20)17(6-7-21-2)9-13(18)19/h3-5H,6-7,9H2,1-2H3,(H,16,20)(H,18,19). The Morgan fingerprint density at radius 2 is 2.19 bits per heavy atom. The molecule has 0 aliphatic carbocycles. The minimum atomic E-state index is -1.12. The predicted molar refractivity (Wildman–Crippen MR) is 76.0 cm³/mol. The number of amides is 2. The highest BCUT2D eigenvalue weighted by molar-refractivity contribution is 5.92. The van der Waals surface area contributed by atoms with Crippen LogP contribution in [0, 0.1) is 18.3 Å². The number of anilines is 1. The molecule has 0 bridgehead atoms. The first-order valence-corrected chi connectivity index (χ1v) is 6.26. The number of rotatable bonds is 6. The van der Waals surface area contributed by atoms with Gasteiger partial charge < -0.3 is 20.1 Å². The summed E-state index contributed by atoms with van der Waals surface area (Å²) in [6.45, 7) is 1.68. The van der Waals surface area contributed by atoms with Crippen LogP contribution < -0.4 is 5.32 Å². The Morgan fingerprint density at radius 3 is 2.76 bits per heavy atom. The van der Waals surface area contributed by atoms with E-state index in [9.17, 15) is 9.59 Å². The number of carboxylic acid groups (broad SMARTS) is 1. The molecule has 0 aliphatic rings. The van der Waals surface area contributed by atoms with Crippen LogP contribution >= 0.6 is 0 Å². The van der Waals surface area contributed by atoms with Crippen molar-refractivity contribution < 1.29 is 19.4 Å². The summed E-state index contributed by atoms with van der Waals surface area (Å²) < 4.78 is 4.85. The number of benzene rings is 1. The van der Waals surface area contributed by atoms with Crippen LogP contribution in [0.1, 0.15) is 11.1 Å². The fraction of sp³-hybridized carbons (Fsp3) is 0.357. The van der Waals surface area contributed by atoms with Gasteiger partial charge in [0.15, 0.2) is 0 Å². The minimum absolute atomic E-state index is 0.141. The lowest BCUT2D eigenvalue weighted by Crippen LogP contribution is -2.40. The van der Waals surface area contributed by atoms with Crippen molar-refractivity contribution in [2.75, 3.05) is 32.1 Å². The average molecular weight is 291 g/mol. The number of hydrogen-bond acceptors (Lipinski definition) is 4. The summed E-state index contributed by atoms with van der Waals surface area (Å²) in [5, 5.41) is 20.5. The van der Waals surface area contributed by atoms with Crippen LogP contribution in [0.2, 0.25) is 0 Å². The van der Waals surface area contributed by atoms with Crippen LogP contribution in [0.25, 0.3) is 0 Å². The summed E-state index contributed by atoms with van der Waals surface area (Å²) >= 11 is 0. The average Bonchev–Trinajstić information content (AvgIpc) is 2.43. The highest BCUT2D eigenvalue weighted by Gasteiger charge is 2.18. The number of nitriles is 1. The lowest BCUT2D eigenvalue weighted by atomic mass is 10.1. The van der Waals surface area contributed by atoms with E-state index in [-0.39, 0.29) is 13.2 Å². The first kappa shape index (κ1) is 16.5. The van der Waals surface area contributed by atoms with Gasteiger partial charge in [-0.15, -0.1) is 0 Å². The second-order valence-corrected chi connectivity index (χ2v) is 4.35. The summed E-state index contributed by atoms with van der Waals surface area (Å²) in [5.41, 5.74) is 1.44. The Hall–Kier alpha value is -2.59. The number of carbonyl (C=O) groups is 2. The normalized spacial score (nSPS) is 9.76. The summed E-state index contributed by atoms with van der Waals surface area (Å²) in [6, 6.07) is 6.50. The molecule has 0 saturated carbocycles. The monoisotopic (exact) mass is 291 g/mol. The Kier molecular flexibility index (Phi) is 6.17. The van der Waals surface area contributed by atoms with Crippen LogP contribution in [-0.4, -0.2) is 48.8 Å². The number of aryl methyl sites for hydroxylation is 1. The molecular formula is C14H17N3O4. The lowest BCUT2D eigenvalue weighted by molar-refractivity contribution is -0.137. The Bertz CT molecular complexity index is 566. The van der Waals surface area contributed by atoms with E-state index in [1.54, 1.807) is 25.1 Å². The number of methoxy groups -OCH3 is 1. The molecule has 0 radical (unpaired) electrons. The highest BCUT2D eigenvalue weighted by atomic mass is 16.5. The second kappa shape index (κ2) is 7.87. The fourth-order valence-corrected chi connectivity index (χ4v) is 1.73. The quantitative estimate of drug-likeness (QED) is 0.825. The van der Waals surface area contributed by atoms with Gasteiger partial charge in [0.1, 0.15) is 12.6 Å². The van der Waals surface area contributed by atoms with Gasteiger partial charge >= 0.3 is 12.0 Å². The van der Waals surface area contributed by atoms with Gasteiger partial charge in [0, 0.05) is 13.7 Å². The van der Waals surface area contributed by atoms with Gasteiger partial charge in [0.05, 0.1) is 17.9 Å². The zero-order valence-corrected chi connectivity index (χ0v) is 11.9. The molecule has 0 heterocycles. The van der Waals surface area contributed by atoms with Gasteiger partial charge in [-0.1, -0.05) is 12.1 Å². The molecule has 0 fully saturated rings. The van der Waals surface area contributed by atoms with E-state index < -0.39 is 18.5 Å². The molecule has 2 amide bonds. The SMILES string of the molecule is COCCN(CC(=O)O)C(=O)Nc1cccc(C)c1C#N. The van der Waals surface area contributed by atoms with Crippen molar-refractivity contribution >= 4 is 17.7 Å². The minimum Gasteiger partial charge on any atom is -0.480 e. The molecule has 112 valence electrons. The van der Waals surface area contributed by atoms with Crippen LogP contribution in [0.4, 0.5) is 10.5 Å². The maximum absolute atomic E-state index is 12.1. The topological polar surface area (TPSA) is 103 Å². The van der Waals surface area contributed by atoms with E-state index in [1.165, 1.54) is 7.11 Å². The number of carboxylic acids is 1. The van der Waals surface area contributed by atoms with E-state index in [2.05, 4.69) is 5.32 Å². The third-order valence-corrected chi connectivity index (χ3v) is 2.80. The van der Waals surface area contributed by atoms with Gasteiger partial charge in [-0.25, -0.2) is 4.79 Å². The molecule has 0 saturated heterocycles. The highest BCUT2D eigenvalue weighted by Crippen LogP contribution is 2.18. The predicted octanol–water partition coefficient (Wildman–Crippen LogP) is 1.43. The number of carbonyl (C=O) groups excluding carboxylic acids is 1. The maximum atomic E-state index is 12.1. The van der Waals surface area contributed by atoms with Crippen molar-refractivity contribution in [2.45, 2.75) is 6.92 Å². The fourth-order valence-electron chi connectivity index (χ4n) is 1.73. The molecule has 1 aromatic rings. The van der Waals surface area contributed by atoms with Gasteiger partial charge in [-0.2, -0.15) is 5.26 Å². The molecular weight excluding hydrogens is 274 g/mol. The molecule has 2 N–H and O–H groups in total. The van der Waals surface area contributed by atoms with Crippen molar-refractivity contribution in [3.05, 3.63) is 29.3 Å². The first-order valence-electron chi connectivity index (χ1n) is 6.26. The van der Waals surface area contributed by atoms with Gasteiger partial charge in [0.25, 0.3) is 0 Å². The van der Waals surface area contributed by atoms with E-state index in [4.69, 9.17) is 15.1 Å². The molecule has 1 rings (SSSR count). The Labute approximate surface area is 122 Å². The molecule has 0 aromatic heterocycles.